The lowest BCUT2D eigenvalue weighted by molar-refractivity contribution is 0.0553. The maximum absolute atomic E-state index is 9.39. The molecule has 30 heavy (non-hydrogen) atoms. The highest BCUT2D eigenvalue weighted by Crippen LogP contribution is 2.29. The Morgan fingerprint density at radius 3 is 2.23 bits per heavy atom. The van der Waals surface area contributed by atoms with Crippen molar-refractivity contribution < 1.29 is 14.8 Å². The van der Waals surface area contributed by atoms with Crippen LogP contribution in [-0.2, 0) is 16.2 Å². The van der Waals surface area contributed by atoms with Crippen LogP contribution in [0, 0.1) is 0 Å². The highest BCUT2D eigenvalue weighted by Gasteiger charge is 2.09. The van der Waals surface area contributed by atoms with Gasteiger partial charge in [-0.15, -0.1) is 0 Å². The van der Waals surface area contributed by atoms with Crippen molar-refractivity contribution in [1.29, 1.82) is 0 Å². The van der Waals surface area contributed by atoms with Crippen LogP contribution < -0.4 is 0 Å². The summed E-state index contributed by atoms with van der Waals surface area (Å²) in [6.45, 7) is 3.64. The highest BCUT2D eigenvalue weighted by atomic mass is 16.7. The molecular formula is C24H23N3O3. The Bertz CT molecular complexity index is 1210. The molecule has 6 heteroatoms. The first-order valence-electron chi connectivity index (χ1n) is 9.87. The zero-order chi connectivity index (χ0) is 20.8. The van der Waals surface area contributed by atoms with Gasteiger partial charge in [-0.3, -0.25) is 0 Å². The minimum absolute atomic E-state index is 0.189. The predicted octanol–water partition coefficient (Wildman–Crippen LogP) is 4.92. The van der Waals surface area contributed by atoms with E-state index in [0.29, 0.717) is 0 Å². The summed E-state index contributed by atoms with van der Waals surface area (Å²) in [6.07, 6.45) is 3.23. The molecule has 6 nitrogen and oxygen atoms in total. The van der Waals surface area contributed by atoms with Crippen LogP contribution in [0.3, 0.4) is 0 Å². The van der Waals surface area contributed by atoms with E-state index >= 15 is 0 Å². The average molecular weight is 401 g/mol. The van der Waals surface area contributed by atoms with Gasteiger partial charge in [0.05, 0.1) is 12.4 Å². The van der Waals surface area contributed by atoms with Gasteiger partial charge in [-0.25, -0.2) is 0 Å². The largest absolute Gasteiger partial charge is 0.508 e. The van der Waals surface area contributed by atoms with Crippen molar-refractivity contribution in [1.82, 2.24) is 4.57 Å². The van der Waals surface area contributed by atoms with Gasteiger partial charge in [-0.1, -0.05) is 46.7 Å². The van der Waals surface area contributed by atoms with Gasteiger partial charge in [0.1, 0.15) is 5.75 Å². The summed E-state index contributed by atoms with van der Waals surface area (Å²) in [5.41, 5.74) is 4.19. The Hall–Kier alpha value is -3.80. The Labute approximate surface area is 174 Å². The Balaban J connectivity index is 1.33. The van der Waals surface area contributed by atoms with Gasteiger partial charge in [0.15, 0.2) is 13.2 Å². The van der Waals surface area contributed by atoms with Crippen molar-refractivity contribution in [3.05, 3.63) is 77.9 Å². The van der Waals surface area contributed by atoms with Crippen LogP contribution in [0.4, 0.5) is 0 Å². The molecule has 1 aromatic heterocycles. The van der Waals surface area contributed by atoms with E-state index in [-0.39, 0.29) is 19.0 Å². The zero-order valence-electron chi connectivity index (χ0n) is 16.7. The summed E-state index contributed by atoms with van der Waals surface area (Å²) in [5.74, 6) is 0.189. The molecule has 1 N–H and O–H groups in total. The third-order valence-electron chi connectivity index (χ3n) is 4.80. The number of rotatable bonds is 8. The maximum Gasteiger partial charge on any atom is 0.153 e. The molecule has 0 aliphatic rings. The molecule has 0 unspecified atom stereocenters. The summed E-state index contributed by atoms with van der Waals surface area (Å²) < 4.78 is 2.32. The second-order valence-electron chi connectivity index (χ2n) is 6.77. The predicted molar refractivity (Wildman–Crippen MR) is 120 cm³/mol. The SMILES string of the molecule is CCn1c2ccccc2c2cc(/C=N/OCCO/N=C/c3cccc(O)c3)ccc21. The normalized spacial score (nSPS) is 11.8. The molecular weight excluding hydrogens is 378 g/mol. The highest BCUT2D eigenvalue weighted by molar-refractivity contribution is 6.09. The number of aromatic nitrogens is 1. The first kappa shape index (κ1) is 19.5. The quantitative estimate of drug-likeness (QED) is 0.259. The number of hydrogen-bond acceptors (Lipinski definition) is 5. The number of phenolic OH excluding ortho intramolecular Hbond substituents is 1. The van der Waals surface area contributed by atoms with Gasteiger partial charge < -0.3 is 19.3 Å². The molecule has 0 amide bonds. The van der Waals surface area contributed by atoms with E-state index in [0.717, 1.165) is 17.7 Å². The number of para-hydroxylation sites is 1. The molecule has 4 aromatic rings. The number of benzene rings is 3. The first-order valence-corrected chi connectivity index (χ1v) is 9.87. The van der Waals surface area contributed by atoms with Crippen molar-refractivity contribution in [2.45, 2.75) is 13.5 Å². The number of nitrogens with zero attached hydrogens (tertiary/aromatic N) is 3. The van der Waals surface area contributed by atoms with Crippen molar-refractivity contribution in [3.8, 4) is 5.75 Å². The number of phenols is 1. The standard InChI is InChI=1S/C24H23N3O3/c1-2-27-23-9-4-3-8-21(23)22-15-19(10-11-24(22)27)17-26-30-13-12-29-25-16-18-6-5-7-20(28)14-18/h3-11,14-17,28H,2,12-13H2,1H3/b25-16+,26-17+. The molecule has 3 aromatic carbocycles. The molecule has 0 bridgehead atoms. The van der Waals surface area contributed by atoms with E-state index in [1.54, 1.807) is 24.4 Å². The molecule has 0 atom stereocenters. The van der Waals surface area contributed by atoms with Crippen molar-refractivity contribution >= 4 is 34.2 Å². The maximum atomic E-state index is 9.39. The molecule has 0 saturated carbocycles. The average Bonchev–Trinajstić information content (AvgIpc) is 3.08. The van der Waals surface area contributed by atoms with E-state index < -0.39 is 0 Å². The van der Waals surface area contributed by atoms with Crippen LogP contribution in [0.2, 0.25) is 0 Å². The smallest absolute Gasteiger partial charge is 0.153 e. The number of aromatic hydroxyl groups is 1. The molecule has 152 valence electrons. The van der Waals surface area contributed by atoms with E-state index in [4.69, 9.17) is 9.68 Å². The summed E-state index contributed by atoms with van der Waals surface area (Å²) >= 11 is 0. The molecule has 0 radical (unpaired) electrons. The second kappa shape index (κ2) is 9.13. The second-order valence-corrected chi connectivity index (χ2v) is 6.77. The van der Waals surface area contributed by atoms with Gasteiger partial charge in [-0.05, 0) is 48.4 Å². The summed E-state index contributed by atoms with van der Waals surface area (Å²) in [5, 5.41) is 19.7. The fourth-order valence-electron chi connectivity index (χ4n) is 3.47. The zero-order valence-corrected chi connectivity index (χ0v) is 16.7. The van der Waals surface area contributed by atoms with Crippen LogP contribution >= 0.6 is 0 Å². The first-order chi connectivity index (χ1) is 14.8. The summed E-state index contributed by atoms with van der Waals surface area (Å²) in [7, 11) is 0. The number of fused-ring (bicyclic) bond motifs is 3. The third kappa shape index (κ3) is 4.27. The molecule has 4 rings (SSSR count). The minimum atomic E-state index is 0.189. The lowest BCUT2D eigenvalue weighted by Gasteiger charge is -2.02. The fraction of sp³-hybridized carbons (Fsp3) is 0.167. The monoisotopic (exact) mass is 401 g/mol. The van der Waals surface area contributed by atoms with Crippen LogP contribution in [-0.4, -0.2) is 35.3 Å². The molecule has 0 fully saturated rings. The van der Waals surface area contributed by atoms with Gasteiger partial charge >= 0.3 is 0 Å². The topological polar surface area (TPSA) is 68.3 Å². The molecule has 0 aliphatic heterocycles. The van der Waals surface area contributed by atoms with Gasteiger partial charge in [0.2, 0.25) is 0 Å². The summed E-state index contributed by atoms with van der Waals surface area (Å²) in [6, 6.07) is 21.5. The third-order valence-corrected chi connectivity index (χ3v) is 4.80. The number of hydrogen-bond donors (Lipinski definition) is 1. The molecule has 0 saturated heterocycles. The fourth-order valence-corrected chi connectivity index (χ4v) is 3.47. The van der Waals surface area contributed by atoms with Crippen LogP contribution in [0.5, 0.6) is 5.75 Å². The van der Waals surface area contributed by atoms with Crippen molar-refractivity contribution in [2.75, 3.05) is 13.2 Å². The van der Waals surface area contributed by atoms with E-state index in [2.05, 4.69) is 58.2 Å². The van der Waals surface area contributed by atoms with Gasteiger partial charge in [-0.2, -0.15) is 0 Å². The summed E-state index contributed by atoms with van der Waals surface area (Å²) in [4.78, 5) is 10.4. The van der Waals surface area contributed by atoms with E-state index in [1.165, 1.54) is 28.0 Å². The van der Waals surface area contributed by atoms with E-state index in [1.807, 2.05) is 12.1 Å². The number of aryl methyl sites for hydroxylation is 1. The molecule has 1 heterocycles. The van der Waals surface area contributed by atoms with E-state index in [9.17, 15) is 5.11 Å². The number of oxime groups is 2. The van der Waals surface area contributed by atoms with Gasteiger partial charge in [0, 0.05) is 28.4 Å². The van der Waals surface area contributed by atoms with Crippen LogP contribution in [0.1, 0.15) is 18.1 Å². The minimum Gasteiger partial charge on any atom is -0.508 e. The molecule has 0 spiro atoms. The lowest BCUT2D eigenvalue weighted by atomic mass is 10.1. The van der Waals surface area contributed by atoms with Crippen LogP contribution in [0.25, 0.3) is 21.8 Å². The Kier molecular flexibility index (Phi) is 5.94. The Morgan fingerprint density at radius 1 is 0.800 bits per heavy atom. The lowest BCUT2D eigenvalue weighted by Crippen LogP contribution is -1.98. The molecule has 0 aliphatic carbocycles. The Morgan fingerprint density at radius 2 is 1.50 bits per heavy atom. The van der Waals surface area contributed by atoms with Gasteiger partial charge in [0.25, 0.3) is 0 Å². The van der Waals surface area contributed by atoms with Crippen molar-refractivity contribution in [2.24, 2.45) is 10.3 Å². The van der Waals surface area contributed by atoms with Crippen LogP contribution in [0.15, 0.2) is 77.0 Å². The van der Waals surface area contributed by atoms with Crippen molar-refractivity contribution in [3.63, 3.8) is 0 Å².